The van der Waals surface area contributed by atoms with Gasteiger partial charge in [0.15, 0.2) is 0 Å². The number of carbonyl (C=O) groups excluding carboxylic acids is 1. The van der Waals surface area contributed by atoms with Crippen molar-refractivity contribution < 1.29 is 19.0 Å². The third-order valence-corrected chi connectivity index (χ3v) is 1.39. The molecule has 0 radical (unpaired) electrons. The van der Waals surface area contributed by atoms with Gasteiger partial charge in [-0.3, -0.25) is 0 Å². The molecular formula is C10H18O4. The average molecular weight is 202 g/mol. The summed E-state index contributed by atoms with van der Waals surface area (Å²) in [5, 5.41) is 0. The van der Waals surface area contributed by atoms with E-state index >= 15 is 0 Å². The van der Waals surface area contributed by atoms with Gasteiger partial charge >= 0.3 is 5.97 Å². The van der Waals surface area contributed by atoms with Crippen LogP contribution in [0.25, 0.3) is 0 Å². The Balaban J connectivity index is 4.15. The van der Waals surface area contributed by atoms with Crippen molar-refractivity contribution in [2.24, 2.45) is 0 Å². The standard InChI is InChI=1S/C10H18O4/c1-4-12-7-9(8-13-5-2)10(11)14-6-3/h7H,4-6,8H2,1-3H3/b9-7-. The second kappa shape index (κ2) is 8.56. The van der Waals surface area contributed by atoms with E-state index in [9.17, 15) is 4.79 Å². The Hall–Kier alpha value is -1.03. The summed E-state index contributed by atoms with van der Waals surface area (Å²) < 4.78 is 15.0. The zero-order valence-electron chi connectivity index (χ0n) is 9.04. The van der Waals surface area contributed by atoms with E-state index in [2.05, 4.69) is 0 Å². The van der Waals surface area contributed by atoms with Gasteiger partial charge in [-0.15, -0.1) is 0 Å². The SMILES string of the molecule is CCO/C=C(/COCC)C(=O)OCC. The van der Waals surface area contributed by atoms with E-state index in [0.29, 0.717) is 25.4 Å². The molecule has 0 rings (SSSR count). The summed E-state index contributed by atoms with van der Waals surface area (Å²) in [4.78, 5) is 11.3. The second-order valence-electron chi connectivity index (χ2n) is 2.46. The maximum atomic E-state index is 11.3. The minimum Gasteiger partial charge on any atom is -0.501 e. The number of hydrogen-bond acceptors (Lipinski definition) is 4. The fraction of sp³-hybridized carbons (Fsp3) is 0.700. The molecule has 0 saturated heterocycles. The highest BCUT2D eigenvalue weighted by atomic mass is 16.5. The van der Waals surface area contributed by atoms with Gasteiger partial charge < -0.3 is 14.2 Å². The summed E-state index contributed by atoms with van der Waals surface area (Å²) in [6.07, 6.45) is 1.40. The molecule has 0 spiro atoms. The smallest absolute Gasteiger partial charge is 0.339 e. The van der Waals surface area contributed by atoms with E-state index in [1.54, 1.807) is 6.92 Å². The zero-order valence-corrected chi connectivity index (χ0v) is 9.04. The lowest BCUT2D eigenvalue weighted by molar-refractivity contribution is -0.139. The molecule has 82 valence electrons. The van der Waals surface area contributed by atoms with Crippen LogP contribution in [0.2, 0.25) is 0 Å². The predicted molar refractivity (Wildman–Crippen MR) is 52.8 cm³/mol. The molecule has 0 N–H and O–H groups in total. The van der Waals surface area contributed by atoms with Crippen molar-refractivity contribution >= 4 is 5.97 Å². The zero-order chi connectivity index (χ0) is 10.8. The number of ether oxygens (including phenoxy) is 3. The van der Waals surface area contributed by atoms with Crippen LogP contribution in [0.1, 0.15) is 20.8 Å². The van der Waals surface area contributed by atoms with Crippen LogP contribution >= 0.6 is 0 Å². The molecule has 0 aliphatic rings. The Labute approximate surface area is 84.8 Å². The lowest BCUT2D eigenvalue weighted by atomic mass is 10.3. The monoisotopic (exact) mass is 202 g/mol. The maximum absolute atomic E-state index is 11.3. The normalized spacial score (nSPS) is 11.2. The summed E-state index contributed by atoms with van der Waals surface area (Å²) in [6.45, 7) is 7.14. The van der Waals surface area contributed by atoms with E-state index in [0.717, 1.165) is 0 Å². The highest BCUT2D eigenvalue weighted by molar-refractivity contribution is 5.88. The second-order valence-corrected chi connectivity index (χ2v) is 2.46. The molecule has 0 aliphatic carbocycles. The Morgan fingerprint density at radius 3 is 2.36 bits per heavy atom. The molecule has 0 atom stereocenters. The summed E-state index contributed by atoms with van der Waals surface area (Å²) in [5.74, 6) is -0.380. The van der Waals surface area contributed by atoms with E-state index in [1.165, 1.54) is 6.26 Å². The molecule has 0 aromatic rings. The summed E-state index contributed by atoms with van der Waals surface area (Å²) in [5.41, 5.74) is 0.413. The van der Waals surface area contributed by atoms with Crippen molar-refractivity contribution in [3.05, 3.63) is 11.8 Å². The van der Waals surface area contributed by atoms with Gasteiger partial charge in [-0.1, -0.05) is 0 Å². The molecule has 0 fully saturated rings. The van der Waals surface area contributed by atoms with Crippen LogP contribution in [0.3, 0.4) is 0 Å². The molecule has 0 aromatic heterocycles. The fourth-order valence-electron chi connectivity index (χ4n) is 0.761. The molecule has 4 heteroatoms. The van der Waals surface area contributed by atoms with Gasteiger partial charge in [0, 0.05) is 6.61 Å². The minimum absolute atomic E-state index is 0.231. The van der Waals surface area contributed by atoms with Gasteiger partial charge in [-0.25, -0.2) is 4.79 Å². The Bertz CT molecular complexity index is 187. The Morgan fingerprint density at radius 2 is 1.86 bits per heavy atom. The molecule has 4 nitrogen and oxygen atoms in total. The summed E-state index contributed by atoms with van der Waals surface area (Å²) >= 11 is 0. The summed E-state index contributed by atoms with van der Waals surface area (Å²) in [7, 11) is 0. The molecule has 0 unspecified atom stereocenters. The van der Waals surface area contributed by atoms with Gasteiger partial charge in [0.05, 0.1) is 31.7 Å². The fourth-order valence-corrected chi connectivity index (χ4v) is 0.761. The van der Waals surface area contributed by atoms with Crippen LogP contribution in [0.15, 0.2) is 11.8 Å². The first kappa shape index (κ1) is 13.0. The molecule has 0 heterocycles. The molecule has 0 aliphatic heterocycles. The number of carbonyl (C=O) groups is 1. The van der Waals surface area contributed by atoms with Crippen molar-refractivity contribution in [2.75, 3.05) is 26.4 Å². The van der Waals surface area contributed by atoms with Crippen molar-refractivity contribution in [3.8, 4) is 0 Å². The summed E-state index contributed by atoms with van der Waals surface area (Å²) in [6, 6.07) is 0. The largest absolute Gasteiger partial charge is 0.501 e. The van der Waals surface area contributed by atoms with E-state index in [1.807, 2.05) is 13.8 Å². The van der Waals surface area contributed by atoms with E-state index in [4.69, 9.17) is 14.2 Å². The quantitative estimate of drug-likeness (QED) is 0.356. The van der Waals surface area contributed by atoms with Gasteiger partial charge in [-0.2, -0.15) is 0 Å². The molecule has 0 bridgehead atoms. The van der Waals surface area contributed by atoms with Gasteiger partial charge in [0.25, 0.3) is 0 Å². The third kappa shape index (κ3) is 5.59. The van der Waals surface area contributed by atoms with Crippen molar-refractivity contribution in [1.82, 2.24) is 0 Å². The topological polar surface area (TPSA) is 44.8 Å². The van der Waals surface area contributed by atoms with Crippen LogP contribution in [0.4, 0.5) is 0 Å². The first-order valence-corrected chi connectivity index (χ1v) is 4.81. The highest BCUT2D eigenvalue weighted by Gasteiger charge is 2.10. The lowest BCUT2D eigenvalue weighted by Crippen LogP contribution is -2.13. The van der Waals surface area contributed by atoms with Gasteiger partial charge in [-0.05, 0) is 20.8 Å². The third-order valence-electron chi connectivity index (χ3n) is 1.39. The van der Waals surface area contributed by atoms with Crippen molar-refractivity contribution in [2.45, 2.75) is 20.8 Å². The van der Waals surface area contributed by atoms with E-state index < -0.39 is 0 Å². The molecular weight excluding hydrogens is 184 g/mol. The van der Waals surface area contributed by atoms with Crippen LogP contribution in [0.5, 0.6) is 0 Å². The van der Waals surface area contributed by atoms with Crippen molar-refractivity contribution in [3.63, 3.8) is 0 Å². The van der Waals surface area contributed by atoms with Crippen LogP contribution in [0, 0.1) is 0 Å². The van der Waals surface area contributed by atoms with Crippen molar-refractivity contribution in [1.29, 1.82) is 0 Å². The van der Waals surface area contributed by atoms with Crippen LogP contribution < -0.4 is 0 Å². The molecule has 14 heavy (non-hydrogen) atoms. The lowest BCUT2D eigenvalue weighted by Gasteiger charge is -2.06. The Kier molecular flexibility index (Phi) is 7.93. The average Bonchev–Trinajstić information content (AvgIpc) is 2.18. The van der Waals surface area contributed by atoms with Gasteiger partial charge in [0.1, 0.15) is 0 Å². The predicted octanol–water partition coefficient (Wildman–Crippen LogP) is 1.51. The van der Waals surface area contributed by atoms with E-state index in [-0.39, 0.29) is 12.6 Å². The van der Waals surface area contributed by atoms with Gasteiger partial charge in [0.2, 0.25) is 0 Å². The number of rotatable bonds is 7. The van der Waals surface area contributed by atoms with Crippen LogP contribution in [-0.4, -0.2) is 32.4 Å². The maximum Gasteiger partial charge on any atom is 0.339 e. The molecule has 0 saturated carbocycles. The van der Waals surface area contributed by atoms with Crippen LogP contribution in [-0.2, 0) is 19.0 Å². The first-order valence-electron chi connectivity index (χ1n) is 4.81. The minimum atomic E-state index is -0.380. The number of esters is 1. The number of hydrogen-bond donors (Lipinski definition) is 0. The Morgan fingerprint density at radius 1 is 1.14 bits per heavy atom. The molecule has 0 aromatic carbocycles. The highest BCUT2D eigenvalue weighted by Crippen LogP contribution is 2.00. The molecule has 0 amide bonds. The first-order chi connectivity index (χ1) is 6.76.